The zero-order chi connectivity index (χ0) is 24.8. The lowest BCUT2D eigenvalue weighted by Crippen LogP contribution is -2.21. The number of methoxy groups -OCH3 is 1. The van der Waals surface area contributed by atoms with Crippen LogP contribution >= 0.6 is 11.6 Å². The Morgan fingerprint density at radius 3 is 2.44 bits per heavy atom. The first-order valence-electron chi connectivity index (χ1n) is 10.2. The first kappa shape index (κ1) is 25.8. The molecule has 0 atom stereocenters. The van der Waals surface area contributed by atoms with E-state index in [1.807, 2.05) is 24.3 Å². The topological polar surface area (TPSA) is 125 Å². The first-order valence-corrected chi connectivity index (χ1v) is 13.8. The van der Waals surface area contributed by atoms with Crippen LogP contribution in [-0.2, 0) is 32.9 Å². The van der Waals surface area contributed by atoms with Gasteiger partial charge < -0.3 is 9.47 Å². The van der Waals surface area contributed by atoms with E-state index in [0.29, 0.717) is 29.4 Å². The molecule has 3 aromatic carbocycles. The summed E-state index contributed by atoms with van der Waals surface area (Å²) in [5, 5.41) is 5.64. The van der Waals surface area contributed by atoms with E-state index in [0.717, 1.165) is 11.3 Å². The van der Waals surface area contributed by atoms with Gasteiger partial charge in [0, 0.05) is 11.4 Å². The number of sulfonamides is 2. The van der Waals surface area contributed by atoms with Crippen molar-refractivity contribution in [1.82, 2.24) is 0 Å². The van der Waals surface area contributed by atoms with Gasteiger partial charge in [0.25, 0.3) is 0 Å². The molecule has 0 aliphatic rings. The Morgan fingerprint density at radius 2 is 1.71 bits per heavy atom. The molecule has 11 heteroatoms. The highest BCUT2D eigenvalue weighted by Gasteiger charge is 2.19. The Hall–Kier alpha value is -2.79. The van der Waals surface area contributed by atoms with E-state index in [1.165, 1.54) is 24.3 Å². The molecule has 0 radical (unpaired) electrons. The van der Waals surface area contributed by atoms with Crippen molar-refractivity contribution in [3.8, 4) is 11.5 Å². The summed E-state index contributed by atoms with van der Waals surface area (Å²) in [6, 6.07) is 18.2. The molecule has 3 aromatic rings. The lowest BCUT2D eigenvalue weighted by atomic mass is 10.1. The van der Waals surface area contributed by atoms with E-state index in [1.54, 1.807) is 25.3 Å². The molecule has 0 saturated heterocycles. The fraction of sp³-hybridized carbons (Fsp3) is 0.217. The van der Waals surface area contributed by atoms with E-state index >= 15 is 0 Å². The summed E-state index contributed by atoms with van der Waals surface area (Å²) < 4.78 is 62.2. The van der Waals surface area contributed by atoms with Crippen molar-refractivity contribution < 1.29 is 26.3 Å². The Balaban J connectivity index is 1.68. The van der Waals surface area contributed by atoms with E-state index < -0.39 is 20.0 Å². The summed E-state index contributed by atoms with van der Waals surface area (Å²) in [5.74, 6) is 0.929. The van der Waals surface area contributed by atoms with Crippen molar-refractivity contribution in [1.29, 1.82) is 0 Å². The van der Waals surface area contributed by atoms with Crippen molar-refractivity contribution in [2.45, 2.75) is 17.7 Å². The lowest BCUT2D eigenvalue weighted by Gasteiger charge is -2.14. The molecule has 0 spiro atoms. The molecular formula is C23H25ClN2O6S2. The molecule has 0 aromatic heterocycles. The van der Waals surface area contributed by atoms with Crippen LogP contribution in [0.25, 0.3) is 0 Å². The number of nitrogens with one attached hydrogen (secondary N) is 1. The van der Waals surface area contributed by atoms with Crippen molar-refractivity contribution in [2.24, 2.45) is 5.14 Å². The Morgan fingerprint density at radius 1 is 0.941 bits per heavy atom. The van der Waals surface area contributed by atoms with Crippen LogP contribution in [-0.4, -0.2) is 36.3 Å². The molecular weight excluding hydrogens is 500 g/mol. The van der Waals surface area contributed by atoms with Crippen LogP contribution in [0, 0.1) is 0 Å². The fourth-order valence-electron chi connectivity index (χ4n) is 3.24. The second kappa shape index (κ2) is 11.1. The third-order valence-corrected chi connectivity index (χ3v) is 7.39. The number of ether oxygens (including phenoxy) is 2. The number of rotatable bonds is 11. The van der Waals surface area contributed by atoms with Gasteiger partial charge >= 0.3 is 0 Å². The third-order valence-electron chi connectivity index (χ3n) is 4.91. The van der Waals surface area contributed by atoms with E-state index in [9.17, 15) is 16.8 Å². The highest BCUT2D eigenvalue weighted by Crippen LogP contribution is 2.26. The van der Waals surface area contributed by atoms with Crippen molar-refractivity contribution in [2.75, 3.05) is 24.2 Å². The SMILES string of the molecule is COc1cccc(CCOc2cc(Cl)ccc2CCS(=O)(=O)Nc2ccccc2S(N)(=O)=O)c1. The van der Waals surface area contributed by atoms with Gasteiger partial charge in [-0.05, 0) is 53.9 Å². The zero-order valence-corrected chi connectivity index (χ0v) is 20.8. The van der Waals surface area contributed by atoms with Crippen LogP contribution in [0.15, 0.2) is 71.6 Å². The van der Waals surface area contributed by atoms with Gasteiger partial charge in [0.2, 0.25) is 20.0 Å². The van der Waals surface area contributed by atoms with Crippen LogP contribution in [0.1, 0.15) is 11.1 Å². The minimum atomic E-state index is -4.09. The smallest absolute Gasteiger partial charge is 0.240 e. The van der Waals surface area contributed by atoms with Crippen LogP contribution in [0.3, 0.4) is 0 Å². The molecule has 0 amide bonds. The molecule has 3 rings (SSSR count). The number of benzene rings is 3. The molecule has 0 bridgehead atoms. The zero-order valence-electron chi connectivity index (χ0n) is 18.4. The van der Waals surface area contributed by atoms with Crippen molar-refractivity contribution >= 4 is 37.3 Å². The Bertz CT molecular complexity index is 1360. The summed E-state index contributed by atoms with van der Waals surface area (Å²) in [5.41, 5.74) is 1.58. The predicted octanol–water partition coefficient (Wildman–Crippen LogP) is 3.60. The van der Waals surface area contributed by atoms with E-state index in [2.05, 4.69) is 4.72 Å². The average molecular weight is 525 g/mol. The summed E-state index contributed by atoms with van der Waals surface area (Å²) in [4.78, 5) is -0.299. The van der Waals surface area contributed by atoms with Crippen LogP contribution in [0.5, 0.6) is 11.5 Å². The summed E-state index contributed by atoms with van der Waals surface area (Å²) in [6.07, 6.45) is 0.742. The van der Waals surface area contributed by atoms with Gasteiger partial charge in [0.15, 0.2) is 0 Å². The second-order valence-electron chi connectivity index (χ2n) is 7.41. The summed E-state index contributed by atoms with van der Waals surface area (Å²) in [7, 11) is -6.38. The average Bonchev–Trinajstić information content (AvgIpc) is 2.78. The number of halogens is 1. The number of nitrogens with two attached hydrogens (primary N) is 1. The number of hydrogen-bond acceptors (Lipinski definition) is 6. The van der Waals surface area contributed by atoms with Crippen molar-refractivity contribution in [3.05, 3.63) is 82.9 Å². The molecule has 8 nitrogen and oxygen atoms in total. The molecule has 0 heterocycles. The number of primary sulfonamides is 1. The van der Waals surface area contributed by atoms with Crippen molar-refractivity contribution in [3.63, 3.8) is 0 Å². The summed E-state index contributed by atoms with van der Waals surface area (Å²) >= 11 is 6.11. The van der Waals surface area contributed by atoms with Gasteiger partial charge in [0.05, 0.1) is 25.2 Å². The summed E-state index contributed by atoms with van der Waals surface area (Å²) in [6.45, 7) is 0.354. The molecule has 3 N–H and O–H groups in total. The number of anilines is 1. The lowest BCUT2D eigenvalue weighted by molar-refractivity contribution is 0.318. The van der Waals surface area contributed by atoms with E-state index in [-0.39, 0.29) is 22.8 Å². The van der Waals surface area contributed by atoms with Crippen LogP contribution < -0.4 is 19.3 Å². The normalized spacial score (nSPS) is 11.7. The predicted molar refractivity (Wildman–Crippen MR) is 133 cm³/mol. The maximum Gasteiger partial charge on any atom is 0.240 e. The van der Waals surface area contributed by atoms with Gasteiger partial charge in [0.1, 0.15) is 16.4 Å². The third kappa shape index (κ3) is 7.36. The first-order chi connectivity index (χ1) is 16.1. The molecule has 0 fully saturated rings. The largest absolute Gasteiger partial charge is 0.497 e. The maximum absolute atomic E-state index is 12.7. The Kier molecular flexibility index (Phi) is 8.42. The maximum atomic E-state index is 12.7. The number of aryl methyl sites for hydroxylation is 1. The molecule has 0 aliphatic heterocycles. The molecule has 0 saturated carbocycles. The quantitative estimate of drug-likeness (QED) is 0.395. The van der Waals surface area contributed by atoms with Gasteiger partial charge in [-0.1, -0.05) is 41.9 Å². The standard InChI is InChI=1S/C23H25ClN2O6S2/c1-31-20-6-4-5-17(15-20)11-13-32-22-16-19(24)10-9-18(22)12-14-33(27,28)26-21-7-2-3-8-23(21)34(25,29)30/h2-10,15-16,26H,11-14H2,1H3,(H2,25,29,30). The van der Waals surface area contributed by atoms with Crippen LogP contribution in [0.4, 0.5) is 5.69 Å². The second-order valence-corrected chi connectivity index (χ2v) is 11.2. The van der Waals surface area contributed by atoms with Gasteiger partial charge in [-0.15, -0.1) is 0 Å². The minimum Gasteiger partial charge on any atom is -0.497 e. The Labute approximate surface area is 204 Å². The monoisotopic (exact) mass is 524 g/mol. The molecule has 182 valence electrons. The highest BCUT2D eigenvalue weighted by molar-refractivity contribution is 7.93. The highest BCUT2D eigenvalue weighted by atomic mass is 35.5. The minimum absolute atomic E-state index is 0.101. The van der Waals surface area contributed by atoms with E-state index in [4.69, 9.17) is 26.2 Å². The van der Waals surface area contributed by atoms with Gasteiger partial charge in [-0.2, -0.15) is 0 Å². The number of hydrogen-bond donors (Lipinski definition) is 2. The molecule has 0 unspecified atom stereocenters. The molecule has 0 aliphatic carbocycles. The van der Waals surface area contributed by atoms with Gasteiger partial charge in [-0.25, -0.2) is 22.0 Å². The van der Waals surface area contributed by atoms with Gasteiger partial charge in [-0.3, -0.25) is 4.72 Å². The van der Waals surface area contributed by atoms with Crippen LogP contribution in [0.2, 0.25) is 5.02 Å². The fourth-order valence-corrected chi connectivity index (χ4v) is 5.26. The number of para-hydroxylation sites is 1. The molecule has 34 heavy (non-hydrogen) atoms.